The third kappa shape index (κ3) is 1.64. The highest BCUT2D eigenvalue weighted by atomic mass is 32.2. The fraction of sp³-hybridized carbons (Fsp3) is 0.833. The van der Waals surface area contributed by atoms with Crippen molar-refractivity contribution in [3.05, 3.63) is 0 Å². The van der Waals surface area contributed by atoms with E-state index < -0.39 is 0 Å². The molecule has 0 radical (unpaired) electrons. The minimum atomic E-state index is -0.172. The quantitative estimate of drug-likeness (QED) is 0.558. The summed E-state index contributed by atoms with van der Waals surface area (Å²) in [5.41, 5.74) is 0. The third-order valence-electron chi connectivity index (χ3n) is 1.37. The van der Waals surface area contributed by atoms with Gasteiger partial charge in [-0.25, -0.2) is 4.79 Å². The molecule has 1 saturated heterocycles. The minimum absolute atomic E-state index is 0.139. The maximum Gasteiger partial charge on any atom is 0.333 e. The Morgan fingerprint density at radius 2 is 2.50 bits per heavy atom. The first kappa shape index (κ1) is 7.88. The maximum atomic E-state index is 10.9. The largest absolute Gasteiger partial charge is 0.467 e. The lowest BCUT2D eigenvalue weighted by Gasteiger charge is -2.04. The summed E-state index contributed by atoms with van der Waals surface area (Å²) in [6.07, 6.45) is 0. The third-order valence-corrected chi connectivity index (χ3v) is 2.64. The predicted octanol–water partition coefficient (Wildman–Crippen LogP) is 0.210. The van der Waals surface area contributed by atoms with Crippen molar-refractivity contribution in [2.75, 3.05) is 13.7 Å². The molecule has 1 heterocycles. The topological polar surface area (TPSA) is 38.3 Å². The van der Waals surface area contributed by atoms with Crippen molar-refractivity contribution in [1.29, 1.82) is 0 Å². The molecule has 0 amide bonds. The number of thioether (sulfide) groups is 1. The molecular weight excluding hydrogens is 150 g/mol. The van der Waals surface area contributed by atoms with E-state index >= 15 is 0 Å². The Morgan fingerprint density at radius 1 is 1.80 bits per heavy atom. The molecule has 0 aromatic rings. The molecule has 0 spiro atoms. The Labute approximate surface area is 64.5 Å². The van der Waals surface area contributed by atoms with Gasteiger partial charge in [0.1, 0.15) is 0 Å². The van der Waals surface area contributed by atoms with Gasteiger partial charge in [-0.05, 0) is 0 Å². The van der Waals surface area contributed by atoms with Gasteiger partial charge in [-0.2, -0.15) is 0 Å². The van der Waals surface area contributed by atoms with E-state index in [0.29, 0.717) is 5.25 Å². The van der Waals surface area contributed by atoms with Crippen LogP contribution in [0, 0.1) is 0 Å². The highest BCUT2D eigenvalue weighted by Gasteiger charge is 2.27. The monoisotopic (exact) mass is 161 g/mol. The van der Waals surface area contributed by atoms with Crippen LogP contribution in [0.1, 0.15) is 6.92 Å². The summed E-state index contributed by atoms with van der Waals surface area (Å²) in [6.45, 7) is 2.98. The van der Waals surface area contributed by atoms with E-state index in [4.69, 9.17) is 0 Å². The molecule has 0 bridgehead atoms. The van der Waals surface area contributed by atoms with Gasteiger partial charge in [-0.1, -0.05) is 6.92 Å². The molecule has 1 aliphatic heterocycles. The number of nitrogens with one attached hydrogen (secondary N) is 1. The van der Waals surface area contributed by atoms with Crippen LogP contribution in [0.4, 0.5) is 0 Å². The van der Waals surface area contributed by atoms with Gasteiger partial charge in [0.15, 0.2) is 5.37 Å². The van der Waals surface area contributed by atoms with E-state index in [0.717, 1.165) is 6.54 Å². The van der Waals surface area contributed by atoms with Gasteiger partial charge in [0.05, 0.1) is 7.11 Å². The molecule has 0 aromatic heterocycles. The molecule has 1 N–H and O–H groups in total. The predicted molar refractivity (Wildman–Crippen MR) is 40.9 cm³/mol. The van der Waals surface area contributed by atoms with Crippen LogP contribution in [0.2, 0.25) is 0 Å². The summed E-state index contributed by atoms with van der Waals surface area (Å²) < 4.78 is 4.56. The SMILES string of the molecule is COC(=O)C1NCC(C)S1. The molecule has 2 unspecified atom stereocenters. The molecule has 0 aliphatic carbocycles. The highest BCUT2D eigenvalue weighted by molar-refractivity contribution is 8.01. The van der Waals surface area contributed by atoms with Crippen LogP contribution in [0.3, 0.4) is 0 Å². The van der Waals surface area contributed by atoms with Crippen molar-refractivity contribution >= 4 is 17.7 Å². The fourth-order valence-electron chi connectivity index (χ4n) is 0.847. The van der Waals surface area contributed by atoms with E-state index in [9.17, 15) is 4.79 Å². The molecule has 4 heteroatoms. The second-order valence-corrected chi connectivity index (χ2v) is 3.81. The van der Waals surface area contributed by atoms with Gasteiger partial charge >= 0.3 is 5.97 Å². The molecule has 58 valence electrons. The number of rotatable bonds is 1. The number of hydrogen-bond acceptors (Lipinski definition) is 4. The second kappa shape index (κ2) is 3.25. The molecule has 1 aliphatic rings. The second-order valence-electron chi connectivity index (χ2n) is 2.26. The first-order valence-corrected chi connectivity index (χ1v) is 4.15. The maximum absolute atomic E-state index is 10.9. The first-order chi connectivity index (χ1) is 4.74. The number of methoxy groups -OCH3 is 1. The normalized spacial score (nSPS) is 32.2. The Bertz CT molecular complexity index is 140. The Kier molecular flexibility index (Phi) is 2.56. The molecule has 0 saturated carbocycles. The van der Waals surface area contributed by atoms with Crippen LogP contribution < -0.4 is 5.32 Å². The fourth-order valence-corrected chi connectivity index (χ4v) is 1.90. The summed E-state index contributed by atoms with van der Waals surface area (Å²) in [6, 6.07) is 0. The van der Waals surface area contributed by atoms with Crippen molar-refractivity contribution < 1.29 is 9.53 Å². The van der Waals surface area contributed by atoms with Crippen LogP contribution in [-0.4, -0.2) is 30.2 Å². The number of hydrogen-bond donors (Lipinski definition) is 1. The Balaban J connectivity index is 2.37. The molecule has 1 rings (SSSR count). The Hall–Kier alpha value is -0.220. The van der Waals surface area contributed by atoms with Gasteiger partial charge in [0.2, 0.25) is 0 Å². The minimum Gasteiger partial charge on any atom is -0.467 e. The standard InChI is InChI=1S/C6H11NO2S/c1-4-3-7-5(10-4)6(8)9-2/h4-5,7H,3H2,1-2H3. The van der Waals surface area contributed by atoms with E-state index in [1.807, 2.05) is 0 Å². The van der Waals surface area contributed by atoms with E-state index in [1.165, 1.54) is 7.11 Å². The number of esters is 1. The lowest BCUT2D eigenvalue weighted by atomic mass is 10.5. The lowest BCUT2D eigenvalue weighted by Crippen LogP contribution is -2.29. The summed E-state index contributed by atoms with van der Waals surface area (Å²) in [5, 5.41) is 3.42. The van der Waals surface area contributed by atoms with Crippen LogP contribution in [0.5, 0.6) is 0 Å². The van der Waals surface area contributed by atoms with Gasteiger partial charge in [0, 0.05) is 11.8 Å². The number of carbonyl (C=O) groups is 1. The summed E-state index contributed by atoms with van der Waals surface area (Å²) in [7, 11) is 1.41. The molecule has 0 aromatic carbocycles. The van der Waals surface area contributed by atoms with Crippen molar-refractivity contribution in [2.45, 2.75) is 17.5 Å². The first-order valence-electron chi connectivity index (χ1n) is 3.20. The van der Waals surface area contributed by atoms with Crippen LogP contribution in [0.15, 0.2) is 0 Å². The van der Waals surface area contributed by atoms with Crippen LogP contribution in [-0.2, 0) is 9.53 Å². The number of ether oxygens (including phenoxy) is 1. The van der Waals surface area contributed by atoms with Crippen molar-refractivity contribution in [3.63, 3.8) is 0 Å². The zero-order valence-corrected chi connectivity index (χ0v) is 6.90. The van der Waals surface area contributed by atoms with Crippen LogP contribution in [0.25, 0.3) is 0 Å². The average molecular weight is 161 g/mol. The molecule has 1 fully saturated rings. The zero-order valence-electron chi connectivity index (χ0n) is 6.09. The summed E-state index contributed by atoms with van der Waals surface area (Å²) >= 11 is 1.61. The summed E-state index contributed by atoms with van der Waals surface area (Å²) in [4.78, 5) is 10.9. The summed E-state index contributed by atoms with van der Waals surface area (Å²) in [5.74, 6) is -0.172. The number of carbonyl (C=O) groups excluding carboxylic acids is 1. The van der Waals surface area contributed by atoms with Crippen LogP contribution >= 0.6 is 11.8 Å². The smallest absolute Gasteiger partial charge is 0.333 e. The van der Waals surface area contributed by atoms with E-state index in [2.05, 4.69) is 17.0 Å². The molecular formula is C6H11NO2S. The molecule has 2 atom stereocenters. The van der Waals surface area contributed by atoms with Gasteiger partial charge < -0.3 is 4.74 Å². The Morgan fingerprint density at radius 3 is 2.90 bits per heavy atom. The van der Waals surface area contributed by atoms with E-state index in [-0.39, 0.29) is 11.3 Å². The molecule has 10 heavy (non-hydrogen) atoms. The average Bonchev–Trinajstić information content (AvgIpc) is 2.34. The van der Waals surface area contributed by atoms with Crippen molar-refractivity contribution in [1.82, 2.24) is 5.32 Å². The van der Waals surface area contributed by atoms with Crippen molar-refractivity contribution in [2.24, 2.45) is 0 Å². The van der Waals surface area contributed by atoms with Gasteiger partial charge in [-0.3, -0.25) is 5.32 Å². The molecule has 3 nitrogen and oxygen atoms in total. The highest BCUT2D eigenvalue weighted by Crippen LogP contribution is 2.21. The lowest BCUT2D eigenvalue weighted by molar-refractivity contribution is -0.140. The van der Waals surface area contributed by atoms with Gasteiger partial charge in [0.25, 0.3) is 0 Å². The zero-order chi connectivity index (χ0) is 7.56. The van der Waals surface area contributed by atoms with Crippen molar-refractivity contribution in [3.8, 4) is 0 Å². The van der Waals surface area contributed by atoms with Gasteiger partial charge in [-0.15, -0.1) is 11.8 Å². The van der Waals surface area contributed by atoms with E-state index in [1.54, 1.807) is 11.8 Å².